The molecule has 198 valence electrons. The van der Waals surface area contributed by atoms with Gasteiger partial charge in [0.05, 0.1) is 85.8 Å². The van der Waals surface area contributed by atoms with Crippen molar-refractivity contribution in [3.05, 3.63) is 12.2 Å². The maximum absolute atomic E-state index is 11.5. The maximum atomic E-state index is 11.5. The van der Waals surface area contributed by atoms with Crippen LogP contribution >= 0.6 is 0 Å². The van der Waals surface area contributed by atoms with Crippen LogP contribution in [0.3, 0.4) is 0 Å². The van der Waals surface area contributed by atoms with Crippen LogP contribution in [0.25, 0.3) is 0 Å². The van der Waals surface area contributed by atoms with Gasteiger partial charge in [-0.25, -0.2) is 0 Å². The summed E-state index contributed by atoms with van der Waals surface area (Å²) < 4.78 is 32.2. The van der Waals surface area contributed by atoms with Gasteiger partial charge in [-0.3, -0.25) is 19.3 Å². The highest BCUT2D eigenvalue weighted by Crippen LogP contribution is 1.90. The number of allylic oxidation sites excluding steroid dienone is 1. The molecule has 0 aromatic carbocycles. The molecule has 0 aliphatic carbocycles. The summed E-state index contributed by atoms with van der Waals surface area (Å²) in [5, 5.41) is 2.80. The molecule has 0 aromatic rings. The Morgan fingerprint density at radius 2 is 1.15 bits per heavy atom. The molecule has 0 saturated carbocycles. The van der Waals surface area contributed by atoms with E-state index in [2.05, 4.69) is 5.32 Å². The van der Waals surface area contributed by atoms with E-state index in [-0.39, 0.29) is 31.0 Å². The molecule has 0 heterocycles. The third-order valence-electron chi connectivity index (χ3n) is 3.98. The number of ether oxygens (including phenoxy) is 6. The van der Waals surface area contributed by atoms with Gasteiger partial charge in [0.25, 0.3) is 5.91 Å². The summed E-state index contributed by atoms with van der Waals surface area (Å²) in [5.74, 6) is -0.377. The fourth-order valence-electron chi connectivity index (χ4n) is 2.38. The second-order valence-electron chi connectivity index (χ2n) is 7.28. The maximum Gasteiger partial charge on any atom is 0.252 e. The van der Waals surface area contributed by atoms with Gasteiger partial charge < -0.3 is 33.7 Å². The number of nitrogens with one attached hydrogen (secondary N) is 1. The van der Waals surface area contributed by atoms with Crippen molar-refractivity contribution >= 4 is 18.2 Å². The van der Waals surface area contributed by atoms with Gasteiger partial charge >= 0.3 is 0 Å². The first-order chi connectivity index (χ1) is 16.5. The number of rotatable bonds is 24. The zero-order valence-corrected chi connectivity index (χ0v) is 20.8. The summed E-state index contributed by atoms with van der Waals surface area (Å²) in [6, 6.07) is 0.141. The SMILES string of the molecule is C/C=C\C(=O)N(C=O)CCOCCOCCOCCOCCOCCOCCC(=O)NC(C)C. The summed E-state index contributed by atoms with van der Waals surface area (Å²) >= 11 is 0. The Labute approximate surface area is 203 Å². The van der Waals surface area contributed by atoms with Crippen LogP contribution in [-0.2, 0) is 42.8 Å². The number of hydrogen-bond acceptors (Lipinski definition) is 9. The molecule has 0 aliphatic rings. The molecule has 0 radical (unpaired) electrons. The third kappa shape index (κ3) is 21.9. The van der Waals surface area contributed by atoms with Crippen molar-refractivity contribution in [2.75, 3.05) is 85.8 Å². The van der Waals surface area contributed by atoms with E-state index in [0.717, 1.165) is 4.90 Å². The van der Waals surface area contributed by atoms with E-state index < -0.39 is 0 Å². The summed E-state index contributed by atoms with van der Waals surface area (Å²) in [6.07, 6.45) is 3.75. The van der Waals surface area contributed by atoms with Gasteiger partial charge in [-0.15, -0.1) is 0 Å². The quantitative estimate of drug-likeness (QED) is 0.117. The van der Waals surface area contributed by atoms with Crippen LogP contribution in [0.4, 0.5) is 0 Å². The largest absolute Gasteiger partial charge is 0.379 e. The van der Waals surface area contributed by atoms with Gasteiger partial charge in [0.1, 0.15) is 0 Å². The normalized spacial score (nSPS) is 11.3. The van der Waals surface area contributed by atoms with Crippen LogP contribution < -0.4 is 5.32 Å². The number of hydrogen-bond donors (Lipinski definition) is 1. The lowest BCUT2D eigenvalue weighted by molar-refractivity contribution is -0.135. The Hall–Kier alpha value is -1.89. The lowest BCUT2D eigenvalue weighted by Crippen LogP contribution is -2.31. The first-order valence-electron chi connectivity index (χ1n) is 11.7. The van der Waals surface area contributed by atoms with Crippen molar-refractivity contribution in [1.82, 2.24) is 10.2 Å². The predicted octanol–water partition coefficient (Wildman–Crippen LogP) is 0.562. The fraction of sp³-hybridized carbons (Fsp3) is 0.783. The highest BCUT2D eigenvalue weighted by atomic mass is 16.6. The van der Waals surface area contributed by atoms with Crippen LogP contribution in [0.1, 0.15) is 27.2 Å². The van der Waals surface area contributed by atoms with E-state index in [4.69, 9.17) is 28.4 Å². The van der Waals surface area contributed by atoms with Crippen LogP contribution in [0.15, 0.2) is 12.2 Å². The molecule has 3 amide bonds. The molecule has 11 heteroatoms. The summed E-state index contributed by atoms with van der Waals surface area (Å²) in [6.45, 7) is 10.8. The lowest BCUT2D eigenvalue weighted by Gasteiger charge is -2.13. The van der Waals surface area contributed by atoms with Crippen molar-refractivity contribution in [2.45, 2.75) is 33.2 Å². The van der Waals surface area contributed by atoms with E-state index in [1.165, 1.54) is 6.08 Å². The molecule has 1 N–H and O–H groups in total. The van der Waals surface area contributed by atoms with Gasteiger partial charge in [-0.1, -0.05) is 6.08 Å². The molecule has 0 aromatic heterocycles. The Morgan fingerprint density at radius 1 is 0.735 bits per heavy atom. The van der Waals surface area contributed by atoms with Crippen molar-refractivity contribution in [3.8, 4) is 0 Å². The van der Waals surface area contributed by atoms with Gasteiger partial charge in [0, 0.05) is 12.5 Å². The predicted molar refractivity (Wildman–Crippen MR) is 125 cm³/mol. The lowest BCUT2D eigenvalue weighted by atomic mass is 10.3. The minimum Gasteiger partial charge on any atom is -0.379 e. The molecule has 0 atom stereocenters. The van der Waals surface area contributed by atoms with Crippen molar-refractivity contribution in [2.24, 2.45) is 0 Å². The minimum absolute atomic E-state index is 0.0123. The first-order valence-corrected chi connectivity index (χ1v) is 11.7. The van der Waals surface area contributed by atoms with Crippen LogP contribution in [0, 0.1) is 0 Å². The monoisotopic (exact) mass is 490 g/mol. The van der Waals surface area contributed by atoms with Crippen LogP contribution in [-0.4, -0.2) is 115 Å². The molecular weight excluding hydrogens is 448 g/mol. The highest BCUT2D eigenvalue weighted by Gasteiger charge is 2.08. The molecule has 0 bridgehead atoms. The molecular formula is C23H42N2O9. The summed E-state index contributed by atoms with van der Waals surface area (Å²) in [4.78, 5) is 34.8. The smallest absolute Gasteiger partial charge is 0.252 e. The molecule has 0 unspecified atom stereocenters. The Balaban J connectivity index is 3.25. The number of nitrogens with zero attached hydrogens (tertiary/aromatic N) is 1. The van der Waals surface area contributed by atoms with E-state index in [1.54, 1.807) is 13.0 Å². The zero-order chi connectivity index (χ0) is 25.3. The molecule has 0 spiro atoms. The first kappa shape index (κ1) is 32.1. The van der Waals surface area contributed by atoms with Gasteiger partial charge in [-0.05, 0) is 26.8 Å². The van der Waals surface area contributed by atoms with E-state index in [1.807, 2.05) is 13.8 Å². The number of amides is 3. The van der Waals surface area contributed by atoms with Crippen LogP contribution in [0.5, 0.6) is 0 Å². The summed E-state index contributed by atoms with van der Waals surface area (Å²) in [7, 11) is 0. The van der Waals surface area contributed by atoms with E-state index in [0.29, 0.717) is 85.5 Å². The number of carbonyl (C=O) groups excluding carboxylic acids is 3. The van der Waals surface area contributed by atoms with Gasteiger partial charge in [0.2, 0.25) is 12.3 Å². The Bertz CT molecular complexity index is 545. The van der Waals surface area contributed by atoms with E-state index >= 15 is 0 Å². The average molecular weight is 491 g/mol. The second-order valence-corrected chi connectivity index (χ2v) is 7.28. The van der Waals surface area contributed by atoms with Gasteiger partial charge in [-0.2, -0.15) is 0 Å². The van der Waals surface area contributed by atoms with Crippen molar-refractivity contribution < 1.29 is 42.8 Å². The topological polar surface area (TPSA) is 122 Å². The van der Waals surface area contributed by atoms with Crippen molar-refractivity contribution in [3.63, 3.8) is 0 Å². The molecule has 0 rings (SSSR count). The number of carbonyl (C=O) groups is 3. The third-order valence-corrected chi connectivity index (χ3v) is 3.98. The van der Waals surface area contributed by atoms with Gasteiger partial charge in [0.15, 0.2) is 0 Å². The highest BCUT2D eigenvalue weighted by molar-refractivity contribution is 5.94. The summed E-state index contributed by atoms with van der Waals surface area (Å²) in [5.41, 5.74) is 0. The molecule has 11 nitrogen and oxygen atoms in total. The van der Waals surface area contributed by atoms with E-state index in [9.17, 15) is 14.4 Å². The zero-order valence-electron chi connectivity index (χ0n) is 20.8. The Kier molecular flexibility index (Phi) is 22.9. The Morgan fingerprint density at radius 3 is 1.53 bits per heavy atom. The molecule has 0 saturated heterocycles. The van der Waals surface area contributed by atoms with Crippen molar-refractivity contribution in [1.29, 1.82) is 0 Å². The fourth-order valence-corrected chi connectivity index (χ4v) is 2.38. The second kappa shape index (κ2) is 24.2. The van der Waals surface area contributed by atoms with Crippen LogP contribution in [0.2, 0.25) is 0 Å². The average Bonchev–Trinajstić information content (AvgIpc) is 2.79. The molecule has 34 heavy (non-hydrogen) atoms. The molecule has 0 fully saturated rings. The molecule has 0 aliphatic heterocycles. The number of imide groups is 1. The minimum atomic E-state index is -0.364. The standard InChI is InChI=1S/C23H42N2O9/c1-4-5-23(28)25(20-26)7-9-30-11-13-32-15-17-34-19-18-33-16-14-31-12-10-29-8-6-22(27)24-21(2)3/h4-5,20-21H,6-19H2,1-3H3,(H,24,27)/b5-4-.